The van der Waals surface area contributed by atoms with Crippen LogP contribution < -0.4 is 20.5 Å². The van der Waals surface area contributed by atoms with Gasteiger partial charge in [-0.3, -0.25) is 9.59 Å². The van der Waals surface area contributed by atoms with Crippen LogP contribution in [0.5, 0.6) is 5.75 Å². The normalized spacial score (nSPS) is 13.3. The Bertz CT molecular complexity index is 1310. The van der Waals surface area contributed by atoms with Gasteiger partial charge >= 0.3 is 5.97 Å². The summed E-state index contributed by atoms with van der Waals surface area (Å²) < 4.78 is 5.87. The fourth-order valence-electron chi connectivity index (χ4n) is 4.59. The summed E-state index contributed by atoms with van der Waals surface area (Å²) >= 11 is 0. The van der Waals surface area contributed by atoms with E-state index in [4.69, 9.17) is 4.74 Å². The molecule has 1 aliphatic carbocycles. The number of carbonyl (C=O) groups is 2. The molecule has 0 saturated carbocycles. The Balaban J connectivity index is 1.60. The van der Waals surface area contributed by atoms with Crippen molar-refractivity contribution in [2.24, 2.45) is 0 Å². The summed E-state index contributed by atoms with van der Waals surface area (Å²) in [6, 6.07) is 23.3. The van der Waals surface area contributed by atoms with Crippen molar-refractivity contribution in [1.82, 2.24) is 5.32 Å². The summed E-state index contributed by atoms with van der Waals surface area (Å²) in [5.74, 6) is -0.313. The zero-order valence-corrected chi connectivity index (χ0v) is 20.0. The number of aryl methyl sites for hydroxylation is 1. The predicted molar refractivity (Wildman–Crippen MR) is 138 cm³/mol. The quantitative estimate of drug-likeness (QED) is 0.466. The number of para-hydroxylation sites is 1. The molecule has 5 heteroatoms. The van der Waals surface area contributed by atoms with Crippen LogP contribution in [0.15, 0.2) is 72.8 Å². The first-order valence-corrected chi connectivity index (χ1v) is 12.2. The van der Waals surface area contributed by atoms with Crippen molar-refractivity contribution in [1.29, 1.82) is 0 Å². The highest BCUT2D eigenvalue weighted by Gasteiger charge is 2.21. The van der Waals surface area contributed by atoms with Crippen LogP contribution in [0.3, 0.4) is 0 Å². The highest BCUT2D eigenvalue weighted by atomic mass is 16.5. The fourth-order valence-corrected chi connectivity index (χ4v) is 4.59. The van der Waals surface area contributed by atoms with Gasteiger partial charge in [0.2, 0.25) is 0 Å². The van der Waals surface area contributed by atoms with Gasteiger partial charge < -0.3 is 15.2 Å². The van der Waals surface area contributed by atoms with Gasteiger partial charge in [0.25, 0.3) is 5.91 Å². The van der Waals surface area contributed by atoms with Crippen molar-refractivity contribution in [3.63, 3.8) is 0 Å². The van der Waals surface area contributed by atoms with E-state index < -0.39 is 5.97 Å². The predicted octanol–water partition coefficient (Wildman–Crippen LogP) is 4.22. The zero-order chi connectivity index (χ0) is 24.6. The smallest absolute Gasteiger partial charge is 0.303 e. The van der Waals surface area contributed by atoms with Crippen LogP contribution in [0.1, 0.15) is 54.1 Å². The van der Waals surface area contributed by atoms with Gasteiger partial charge in [-0.1, -0.05) is 67.6 Å². The number of benzene rings is 3. The maximum absolute atomic E-state index is 13.5. The molecule has 0 spiro atoms. The summed E-state index contributed by atoms with van der Waals surface area (Å²) in [7, 11) is 0. The minimum Gasteiger partial charge on any atom is -0.489 e. The van der Waals surface area contributed by atoms with E-state index in [0.29, 0.717) is 18.6 Å². The average Bonchev–Trinajstić information content (AvgIpc) is 2.89. The van der Waals surface area contributed by atoms with E-state index in [-0.39, 0.29) is 18.4 Å². The molecule has 0 aromatic heterocycles. The standard InChI is InChI=1S/C30H31NO4/c1-2-28(26-14-8-10-22-9-6-7-13-25(22)26)31-30(34)27-19-21(15-16-23(27)17-18-29(32)33)20-35-24-11-4-3-5-12-24/h3-7,9-13,15-16,19,28H,2,8,14,17-18,20H2,1H3,(H,31,34)(H,32,33). The molecule has 0 bridgehead atoms. The third kappa shape index (κ3) is 6.18. The lowest BCUT2D eigenvalue weighted by atomic mass is 9.92. The minimum atomic E-state index is -0.884. The Labute approximate surface area is 205 Å². The van der Waals surface area contributed by atoms with Crippen LogP contribution in [-0.2, 0) is 17.8 Å². The number of carbonyl (C=O) groups excluding carboxylic acids is 1. The molecule has 2 N–H and O–H groups in total. The molecule has 180 valence electrons. The second-order valence-corrected chi connectivity index (χ2v) is 8.78. The van der Waals surface area contributed by atoms with Crippen molar-refractivity contribution in [3.8, 4) is 5.75 Å². The molecular formula is C30H31NO4. The van der Waals surface area contributed by atoms with E-state index >= 15 is 0 Å². The lowest BCUT2D eigenvalue weighted by Crippen LogP contribution is -2.41. The highest BCUT2D eigenvalue weighted by Crippen LogP contribution is 2.20. The first-order valence-electron chi connectivity index (χ1n) is 12.2. The molecule has 0 saturated heterocycles. The summed E-state index contributed by atoms with van der Waals surface area (Å²) in [4.78, 5) is 24.7. The molecule has 0 fully saturated rings. The molecule has 1 atom stereocenters. The molecule has 1 amide bonds. The molecule has 0 radical (unpaired) electrons. The third-order valence-electron chi connectivity index (χ3n) is 6.39. The monoisotopic (exact) mass is 469 g/mol. The van der Waals surface area contributed by atoms with Gasteiger partial charge in [0.15, 0.2) is 0 Å². The number of ether oxygens (including phenoxy) is 1. The summed E-state index contributed by atoms with van der Waals surface area (Å²) in [6.07, 6.45) is 5.15. The Kier molecular flexibility index (Phi) is 7.99. The molecule has 3 aromatic rings. The lowest BCUT2D eigenvalue weighted by Gasteiger charge is -2.23. The van der Waals surface area contributed by atoms with E-state index in [1.165, 1.54) is 16.0 Å². The number of carboxylic acid groups (broad SMARTS) is 1. The number of rotatable bonds is 10. The first-order chi connectivity index (χ1) is 17.0. The van der Waals surface area contributed by atoms with E-state index in [1.807, 2.05) is 60.7 Å². The van der Waals surface area contributed by atoms with Crippen molar-refractivity contribution >= 4 is 23.5 Å². The Morgan fingerprint density at radius 2 is 1.80 bits per heavy atom. The van der Waals surface area contributed by atoms with Gasteiger partial charge in [-0.25, -0.2) is 0 Å². The van der Waals surface area contributed by atoms with Crippen LogP contribution in [0.25, 0.3) is 11.6 Å². The van der Waals surface area contributed by atoms with E-state index in [0.717, 1.165) is 36.1 Å². The zero-order valence-electron chi connectivity index (χ0n) is 20.0. The SMILES string of the molecule is CCC(NC(=O)c1cc(COc2ccccc2)ccc1CCC(=O)O)C1=c2ccccc2=CCC1. The summed E-state index contributed by atoms with van der Waals surface area (Å²) in [5.41, 5.74) is 3.34. The second kappa shape index (κ2) is 11.5. The minimum absolute atomic E-state index is 0.0298. The maximum atomic E-state index is 13.5. The van der Waals surface area contributed by atoms with Crippen LogP contribution in [0.2, 0.25) is 0 Å². The van der Waals surface area contributed by atoms with Gasteiger partial charge in [-0.05, 0) is 71.0 Å². The van der Waals surface area contributed by atoms with Crippen molar-refractivity contribution < 1.29 is 19.4 Å². The Morgan fingerprint density at radius 3 is 2.57 bits per heavy atom. The largest absolute Gasteiger partial charge is 0.489 e. The average molecular weight is 470 g/mol. The number of nitrogens with one attached hydrogen (secondary N) is 1. The van der Waals surface area contributed by atoms with Crippen LogP contribution >= 0.6 is 0 Å². The maximum Gasteiger partial charge on any atom is 0.303 e. The molecule has 35 heavy (non-hydrogen) atoms. The fraction of sp³-hybridized carbons (Fsp3) is 0.267. The first kappa shape index (κ1) is 24.3. The summed E-state index contributed by atoms with van der Waals surface area (Å²) in [5, 5.41) is 14.8. The van der Waals surface area contributed by atoms with Gasteiger partial charge in [-0.2, -0.15) is 0 Å². The van der Waals surface area contributed by atoms with Crippen molar-refractivity contribution in [2.45, 2.75) is 51.7 Å². The number of aliphatic carboxylic acids is 1. The van der Waals surface area contributed by atoms with E-state index in [9.17, 15) is 14.7 Å². The molecule has 3 aromatic carbocycles. The Morgan fingerprint density at radius 1 is 1.03 bits per heavy atom. The van der Waals surface area contributed by atoms with Gasteiger partial charge in [0.05, 0.1) is 6.04 Å². The lowest BCUT2D eigenvalue weighted by molar-refractivity contribution is -0.136. The number of amides is 1. The molecule has 5 nitrogen and oxygen atoms in total. The van der Waals surface area contributed by atoms with E-state index in [1.54, 1.807) is 0 Å². The van der Waals surface area contributed by atoms with Crippen LogP contribution in [0, 0.1) is 0 Å². The van der Waals surface area contributed by atoms with Crippen molar-refractivity contribution in [3.05, 3.63) is 99.9 Å². The number of hydrogen-bond donors (Lipinski definition) is 2. The Hall–Kier alpha value is -3.86. The number of carboxylic acids is 1. The van der Waals surface area contributed by atoms with Crippen LogP contribution in [0.4, 0.5) is 0 Å². The highest BCUT2D eigenvalue weighted by molar-refractivity contribution is 5.97. The van der Waals surface area contributed by atoms with Gasteiger partial charge in [0.1, 0.15) is 12.4 Å². The third-order valence-corrected chi connectivity index (χ3v) is 6.39. The van der Waals surface area contributed by atoms with E-state index in [2.05, 4.69) is 30.4 Å². The molecule has 1 unspecified atom stereocenters. The topological polar surface area (TPSA) is 75.6 Å². The molecule has 1 aliphatic rings. The number of hydrogen-bond acceptors (Lipinski definition) is 3. The van der Waals surface area contributed by atoms with Crippen LogP contribution in [-0.4, -0.2) is 23.0 Å². The van der Waals surface area contributed by atoms with Gasteiger partial charge in [-0.15, -0.1) is 0 Å². The molecule has 0 heterocycles. The molecular weight excluding hydrogens is 438 g/mol. The molecule has 4 rings (SSSR count). The summed E-state index contributed by atoms with van der Waals surface area (Å²) in [6.45, 7) is 2.40. The van der Waals surface area contributed by atoms with Crippen molar-refractivity contribution in [2.75, 3.05) is 0 Å². The molecule has 0 aliphatic heterocycles. The van der Waals surface area contributed by atoms with Gasteiger partial charge in [0, 0.05) is 12.0 Å². The number of fused-ring (bicyclic) bond motifs is 1. The second-order valence-electron chi connectivity index (χ2n) is 8.78.